The Hall–Kier alpha value is -3.91. The van der Waals surface area contributed by atoms with Gasteiger partial charge in [0.25, 0.3) is 5.69 Å². The average molecular weight is 409 g/mol. The van der Waals surface area contributed by atoms with Gasteiger partial charge in [-0.25, -0.2) is 5.43 Å². The van der Waals surface area contributed by atoms with Gasteiger partial charge in [0.1, 0.15) is 5.58 Å². The average Bonchev–Trinajstić information content (AvgIpc) is 3.34. The summed E-state index contributed by atoms with van der Waals surface area (Å²) in [4.78, 5) is 22.6. The van der Waals surface area contributed by atoms with Gasteiger partial charge in [0.2, 0.25) is 0 Å². The lowest BCUT2D eigenvalue weighted by Crippen LogP contribution is -2.17. The molecule has 4 aromatic rings. The summed E-state index contributed by atoms with van der Waals surface area (Å²) in [5, 5.41) is 15.9. The van der Waals surface area contributed by atoms with Crippen molar-refractivity contribution in [2.24, 2.45) is 5.10 Å². The Bertz CT molecular complexity index is 1240. The van der Waals surface area contributed by atoms with Gasteiger partial charge in [-0.3, -0.25) is 14.9 Å². The molecule has 0 radical (unpaired) electrons. The number of aromatic nitrogens is 1. The monoisotopic (exact) mass is 408 g/mol. The maximum Gasteiger partial charge on any atom is 0.307 e. The quantitative estimate of drug-likeness (QED) is 0.297. The van der Waals surface area contributed by atoms with Crippen molar-refractivity contribution in [1.29, 1.82) is 0 Å². The number of rotatable bonds is 5. The zero-order chi connectivity index (χ0) is 20.4. The first-order valence-corrected chi connectivity index (χ1v) is 8.84. The number of amides is 1. The molecule has 2 heterocycles. The molecule has 1 N–H and O–H groups in total. The van der Waals surface area contributed by atoms with Crippen LogP contribution in [0.5, 0.6) is 0 Å². The van der Waals surface area contributed by atoms with Crippen LogP contribution in [-0.2, 0) is 0 Å². The predicted octanol–water partition coefficient (Wildman–Crippen LogP) is 4.55. The zero-order valence-corrected chi connectivity index (χ0v) is 15.5. The van der Waals surface area contributed by atoms with Crippen molar-refractivity contribution < 1.29 is 14.1 Å². The number of nitrogens with zero attached hydrogens (tertiary/aromatic N) is 3. The number of hydrazone groups is 1. The normalized spacial score (nSPS) is 11.2. The van der Waals surface area contributed by atoms with Crippen molar-refractivity contribution in [2.75, 3.05) is 0 Å². The molecule has 0 aliphatic heterocycles. The summed E-state index contributed by atoms with van der Waals surface area (Å²) in [6.45, 7) is 0. The Morgan fingerprint density at radius 3 is 2.72 bits per heavy atom. The van der Waals surface area contributed by atoms with Crippen molar-refractivity contribution >= 4 is 40.4 Å². The summed E-state index contributed by atoms with van der Waals surface area (Å²) >= 11 is 5.92. The van der Waals surface area contributed by atoms with Crippen LogP contribution in [0.3, 0.4) is 0 Å². The van der Waals surface area contributed by atoms with Gasteiger partial charge in [0.05, 0.1) is 16.8 Å². The molecule has 8 nitrogen and oxygen atoms in total. The molecule has 0 fully saturated rings. The van der Waals surface area contributed by atoms with Crippen LogP contribution in [0.1, 0.15) is 16.2 Å². The number of nitro benzene ring substituents is 1. The van der Waals surface area contributed by atoms with E-state index in [1.54, 1.807) is 12.1 Å². The van der Waals surface area contributed by atoms with E-state index >= 15 is 0 Å². The van der Waals surface area contributed by atoms with E-state index in [-0.39, 0.29) is 11.4 Å². The minimum absolute atomic E-state index is 0.00531. The van der Waals surface area contributed by atoms with Crippen LogP contribution >= 0.6 is 11.6 Å². The lowest BCUT2D eigenvalue weighted by atomic mass is 10.2. The number of non-ortho nitro benzene ring substituents is 1. The van der Waals surface area contributed by atoms with Crippen LogP contribution < -0.4 is 5.43 Å². The maximum atomic E-state index is 12.3. The molecule has 0 unspecified atom stereocenters. The van der Waals surface area contributed by atoms with Gasteiger partial charge < -0.3 is 8.98 Å². The molecule has 4 rings (SSSR count). The van der Waals surface area contributed by atoms with Crippen LogP contribution in [0.2, 0.25) is 5.02 Å². The molecule has 144 valence electrons. The molecule has 9 heteroatoms. The minimum Gasteiger partial charge on any atom is -0.451 e. The summed E-state index contributed by atoms with van der Waals surface area (Å²) in [7, 11) is 0. The third-order valence-corrected chi connectivity index (χ3v) is 4.43. The van der Waals surface area contributed by atoms with Gasteiger partial charge in [0.15, 0.2) is 5.76 Å². The van der Waals surface area contributed by atoms with Crippen molar-refractivity contribution in [3.8, 4) is 5.69 Å². The smallest absolute Gasteiger partial charge is 0.307 e. The topological polar surface area (TPSA) is 103 Å². The molecule has 0 atom stereocenters. The second kappa shape index (κ2) is 7.61. The number of hydrogen-bond acceptors (Lipinski definition) is 5. The second-order valence-electron chi connectivity index (χ2n) is 6.07. The van der Waals surface area contributed by atoms with Crippen LogP contribution in [0, 0.1) is 10.1 Å². The van der Waals surface area contributed by atoms with Crippen molar-refractivity contribution in [1.82, 2.24) is 9.99 Å². The van der Waals surface area contributed by atoms with E-state index in [0.29, 0.717) is 16.0 Å². The summed E-state index contributed by atoms with van der Waals surface area (Å²) in [6.07, 6.45) is 3.36. The van der Waals surface area contributed by atoms with Crippen LogP contribution in [0.15, 0.2) is 76.4 Å². The van der Waals surface area contributed by atoms with Crippen LogP contribution in [0.4, 0.5) is 5.69 Å². The van der Waals surface area contributed by atoms with Gasteiger partial charge in [0, 0.05) is 34.4 Å². The number of nitro groups is 1. The maximum absolute atomic E-state index is 12.3. The molecule has 0 saturated heterocycles. The highest BCUT2D eigenvalue weighted by atomic mass is 35.5. The number of nitrogens with one attached hydrogen (secondary N) is 1. The number of carbonyl (C=O) groups excluding carboxylic acids is 1. The van der Waals surface area contributed by atoms with E-state index < -0.39 is 10.8 Å². The molecule has 0 spiro atoms. The van der Waals surface area contributed by atoms with Crippen LogP contribution in [0.25, 0.3) is 16.7 Å². The lowest BCUT2D eigenvalue weighted by molar-refractivity contribution is -0.384. The van der Waals surface area contributed by atoms with Crippen molar-refractivity contribution in [3.05, 3.63) is 93.5 Å². The molecule has 2 aromatic heterocycles. The molecule has 1 amide bonds. The van der Waals surface area contributed by atoms with Crippen LogP contribution in [-0.4, -0.2) is 21.6 Å². The van der Waals surface area contributed by atoms with Gasteiger partial charge >= 0.3 is 5.91 Å². The third-order valence-electron chi connectivity index (χ3n) is 4.18. The summed E-state index contributed by atoms with van der Waals surface area (Å²) in [6, 6.07) is 16.5. The first kappa shape index (κ1) is 18.5. The Balaban J connectivity index is 1.49. The van der Waals surface area contributed by atoms with Crippen molar-refractivity contribution in [3.63, 3.8) is 0 Å². The van der Waals surface area contributed by atoms with E-state index in [1.165, 1.54) is 30.5 Å². The summed E-state index contributed by atoms with van der Waals surface area (Å²) < 4.78 is 7.31. The Morgan fingerprint density at radius 2 is 1.97 bits per heavy atom. The number of furan rings is 1. The molecule has 0 aliphatic rings. The standard InChI is InChI=1S/C20H13ClN4O4/c21-14-3-5-15(6-4-14)24-9-1-2-17(24)12-22-23-20(26)19-11-13-10-16(25(27)28)7-8-18(13)29-19/h1-12H,(H,23,26)/b22-12+. The summed E-state index contributed by atoms with van der Waals surface area (Å²) in [5.41, 5.74) is 4.33. The number of carbonyl (C=O) groups is 1. The van der Waals surface area contributed by atoms with E-state index in [0.717, 1.165) is 11.4 Å². The number of halogens is 1. The third kappa shape index (κ3) is 3.87. The van der Waals surface area contributed by atoms with Gasteiger partial charge in [-0.1, -0.05) is 11.6 Å². The summed E-state index contributed by atoms with van der Waals surface area (Å²) in [5.74, 6) is -0.560. The highest BCUT2D eigenvalue weighted by molar-refractivity contribution is 6.30. The van der Waals surface area contributed by atoms with Gasteiger partial charge in [-0.15, -0.1) is 0 Å². The molecule has 0 saturated carbocycles. The molecule has 0 aliphatic carbocycles. The number of benzene rings is 2. The zero-order valence-electron chi connectivity index (χ0n) is 14.8. The molecule has 29 heavy (non-hydrogen) atoms. The van der Waals surface area contributed by atoms with Crippen molar-refractivity contribution in [2.45, 2.75) is 0 Å². The largest absolute Gasteiger partial charge is 0.451 e. The van der Waals surface area contributed by atoms with Gasteiger partial charge in [-0.05, 0) is 48.5 Å². The number of fused-ring (bicyclic) bond motifs is 1. The molecular formula is C20H13ClN4O4. The number of hydrogen-bond donors (Lipinski definition) is 1. The molecule has 0 bridgehead atoms. The Labute approximate surface area is 169 Å². The predicted molar refractivity (Wildman–Crippen MR) is 109 cm³/mol. The molecule has 2 aromatic carbocycles. The fourth-order valence-corrected chi connectivity index (χ4v) is 2.93. The fourth-order valence-electron chi connectivity index (χ4n) is 2.80. The van der Waals surface area contributed by atoms with E-state index in [9.17, 15) is 14.9 Å². The SMILES string of the molecule is O=C(N/N=C/c1cccn1-c1ccc(Cl)cc1)c1cc2cc([N+](=O)[O-])ccc2o1. The highest BCUT2D eigenvalue weighted by Crippen LogP contribution is 2.24. The second-order valence-corrected chi connectivity index (χ2v) is 6.50. The minimum atomic E-state index is -0.565. The van der Waals surface area contributed by atoms with E-state index in [4.69, 9.17) is 16.0 Å². The first-order chi connectivity index (χ1) is 14.0. The van der Waals surface area contributed by atoms with Gasteiger partial charge in [-0.2, -0.15) is 5.10 Å². The Morgan fingerprint density at radius 1 is 1.17 bits per heavy atom. The molecular weight excluding hydrogens is 396 g/mol. The Kier molecular flexibility index (Phi) is 4.84. The first-order valence-electron chi connectivity index (χ1n) is 8.46. The highest BCUT2D eigenvalue weighted by Gasteiger charge is 2.14. The fraction of sp³-hybridized carbons (Fsp3) is 0. The lowest BCUT2D eigenvalue weighted by Gasteiger charge is -2.06. The van der Waals surface area contributed by atoms with E-state index in [1.807, 2.05) is 35.0 Å². The van der Waals surface area contributed by atoms with E-state index in [2.05, 4.69) is 10.5 Å².